The van der Waals surface area contributed by atoms with Crippen LogP contribution in [0.2, 0.25) is 0 Å². The van der Waals surface area contributed by atoms with E-state index in [0.717, 1.165) is 12.2 Å². The molecule has 0 atom stereocenters. The zero-order valence-electron chi connectivity index (χ0n) is 9.44. The van der Waals surface area contributed by atoms with Gasteiger partial charge in [0.05, 0.1) is 6.33 Å². The van der Waals surface area contributed by atoms with E-state index >= 15 is 0 Å². The molecule has 1 aromatic carbocycles. The van der Waals surface area contributed by atoms with Gasteiger partial charge in [-0.15, -0.1) is 0 Å². The average Bonchev–Trinajstić information content (AvgIpc) is 2.83. The highest BCUT2D eigenvalue weighted by atomic mass is 35.5. The van der Waals surface area contributed by atoms with Gasteiger partial charge in [0, 0.05) is 36.2 Å². The van der Waals surface area contributed by atoms with Gasteiger partial charge in [-0.25, -0.2) is 4.98 Å². The minimum atomic E-state index is 0.625. The largest absolute Gasteiger partial charge is 0.308 e. The van der Waals surface area contributed by atoms with Crippen LogP contribution in [0.1, 0.15) is 5.56 Å². The van der Waals surface area contributed by atoms with E-state index in [-0.39, 0.29) is 0 Å². The molecule has 0 spiro atoms. The van der Waals surface area contributed by atoms with Crippen molar-refractivity contribution in [3.8, 4) is 5.69 Å². The fourth-order valence-electron chi connectivity index (χ4n) is 1.54. The van der Waals surface area contributed by atoms with Crippen LogP contribution in [-0.2, 0) is 6.54 Å². The molecule has 1 aromatic heterocycles. The van der Waals surface area contributed by atoms with Crippen LogP contribution in [0, 0.1) is 0 Å². The van der Waals surface area contributed by atoms with Gasteiger partial charge in [-0.05, 0) is 17.7 Å². The lowest BCUT2D eigenvalue weighted by Gasteiger charge is -2.06. The number of hydrogen-bond donors (Lipinski definition) is 1. The molecule has 2 aromatic rings. The summed E-state index contributed by atoms with van der Waals surface area (Å²) in [6.07, 6.45) is 5.47. The average molecular weight is 248 g/mol. The quantitative estimate of drug-likeness (QED) is 0.881. The molecule has 0 unspecified atom stereocenters. The topological polar surface area (TPSA) is 29.9 Å². The van der Waals surface area contributed by atoms with Gasteiger partial charge in [0.2, 0.25) is 0 Å². The van der Waals surface area contributed by atoms with Crippen molar-refractivity contribution in [2.24, 2.45) is 0 Å². The predicted octanol–water partition coefficient (Wildman–Crippen LogP) is 2.71. The van der Waals surface area contributed by atoms with Crippen LogP contribution in [0.3, 0.4) is 0 Å². The summed E-state index contributed by atoms with van der Waals surface area (Å²) in [5, 5.41) is 3.83. The Bertz CT molecular complexity index is 474. The van der Waals surface area contributed by atoms with Gasteiger partial charge in [-0.2, -0.15) is 0 Å². The molecule has 2 rings (SSSR count). The van der Waals surface area contributed by atoms with Crippen molar-refractivity contribution in [2.75, 3.05) is 6.54 Å². The van der Waals surface area contributed by atoms with Gasteiger partial charge in [-0.3, -0.25) is 0 Å². The molecule has 0 amide bonds. The number of rotatable bonds is 5. The van der Waals surface area contributed by atoms with E-state index < -0.39 is 0 Å². The maximum absolute atomic E-state index is 5.67. The van der Waals surface area contributed by atoms with Crippen molar-refractivity contribution < 1.29 is 0 Å². The monoisotopic (exact) mass is 247 g/mol. The van der Waals surface area contributed by atoms with Gasteiger partial charge in [0.15, 0.2) is 0 Å². The number of nitrogens with one attached hydrogen (secondary N) is 1. The Morgan fingerprint density at radius 1 is 1.35 bits per heavy atom. The Hall–Kier alpha value is -1.58. The summed E-state index contributed by atoms with van der Waals surface area (Å²) >= 11 is 5.67. The summed E-state index contributed by atoms with van der Waals surface area (Å²) in [5.74, 6) is 0. The Morgan fingerprint density at radius 2 is 2.12 bits per heavy atom. The molecule has 0 aliphatic rings. The maximum atomic E-state index is 5.67. The molecule has 0 saturated carbocycles. The highest BCUT2D eigenvalue weighted by Gasteiger charge is 1.96. The van der Waals surface area contributed by atoms with Crippen LogP contribution in [0.4, 0.5) is 0 Å². The molecule has 17 heavy (non-hydrogen) atoms. The summed E-state index contributed by atoms with van der Waals surface area (Å²) in [7, 11) is 0. The zero-order valence-corrected chi connectivity index (χ0v) is 10.2. The van der Waals surface area contributed by atoms with Crippen LogP contribution in [-0.4, -0.2) is 16.1 Å². The molecule has 1 heterocycles. The standard InChI is InChI=1S/C13H14ClN3/c1-11(14)8-16-9-12-2-4-13(5-3-12)17-7-6-15-10-17/h2-7,10,16H,1,8-9H2. The van der Waals surface area contributed by atoms with Crippen molar-refractivity contribution in [1.29, 1.82) is 0 Å². The Labute approximate surface area is 106 Å². The second kappa shape index (κ2) is 5.66. The number of nitrogens with zero attached hydrogens (tertiary/aromatic N) is 2. The van der Waals surface area contributed by atoms with E-state index in [4.69, 9.17) is 11.6 Å². The normalized spacial score (nSPS) is 10.4. The molecule has 0 bridgehead atoms. The van der Waals surface area contributed by atoms with Crippen molar-refractivity contribution in [3.05, 3.63) is 60.2 Å². The fraction of sp³-hybridized carbons (Fsp3) is 0.154. The van der Waals surface area contributed by atoms with Crippen LogP contribution in [0.25, 0.3) is 5.69 Å². The number of halogens is 1. The molecule has 0 aliphatic carbocycles. The smallest absolute Gasteiger partial charge is 0.0991 e. The molecular weight excluding hydrogens is 234 g/mol. The molecule has 88 valence electrons. The summed E-state index contributed by atoms with van der Waals surface area (Å²) in [5.41, 5.74) is 2.32. The Balaban J connectivity index is 1.96. The third-order valence-corrected chi connectivity index (χ3v) is 2.52. The maximum Gasteiger partial charge on any atom is 0.0991 e. The van der Waals surface area contributed by atoms with Crippen molar-refractivity contribution in [1.82, 2.24) is 14.9 Å². The minimum Gasteiger partial charge on any atom is -0.308 e. The van der Waals surface area contributed by atoms with E-state index in [1.165, 1.54) is 5.56 Å². The number of benzene rings is 1. The zero-order chi connectivity index (χ0) is 12.1. The second-order valence-corrected chi connectivity index (χ2v) is 4.29. The third kappa shape index (κ3) is 3.44. The first kappa shape index (κ1) is 11.9. The van der Waals surface area contributed by atoms with Crippen molar-refractivity contribution in [3.63, 3.8) is 0 Å². The van der Waals surface area contributed by atoms with E-state index in [9.17, 15) is 0 Å². The van der Waals surface area contributed by atoms with E-state index in [0.29, 0.717) is 11.6 Å². The predicted molar refractivity (Wildman–Crippen MR) is 70.3 cm³/mol. The van der Waals surface area contributed by atoms with Gasteiger partial charge in [0.1, 0.15) is 0 Å². The first-order valence-corrected chi connectivity index (χ1v) is 5.75. The lowest BCUT2D eigenvalue weighted by atomic mass is 10.2. The Morgan fingerprint density at radius 3 is 2.71 bits per heavy atom. The minimum absolute atomic E-state index is 0.625. The molecule has 1 N–H and O–H groups in total. The lowest BCUT2D eigenvalue weighted by molar-refractivity contribution is 0.754. The lowest BCUT2D eigenvalue weighted by Crippen LogP contribution is -2.14. The number of aromatic nitrogens is 2. The van der Waals surface area contributed by atoms with E-state index in [2.05, 4.69) is 41.1 Å². The van der Waals surface area contributed by atoms with Crippen LogP contribution in [0.5, 0.6) is 0 Å². The van der Waals surface area contributed by atoms with E-state index in [1.807, 2.05) is 10.8 Å². The molecule has 0 saturated heterocycles. The summed E-state index contributed by atoms with van der Waals surface area (Å²) in [6.45, 7) is 5.04. The van der Waals surface area contributed by atoms with E-state index in [1.54, 1.807) is 12.5 Å². The summed E-state index contributed by atoms with van der Waals surface area (Å²) in [4.78, 5) is 4.02. The highest BCUT2D eigenvalue weighted by molar-refractivity contribution is 6.29. The van der Waals surface area contributed by atoms with Crippen molar-refractivity contribution in [2.45, 2.75) is 6.54 Å². The first-order valence-electron chi connectivity index (χ1n) is 5.37. The van der Waals surface area contributed by atoms with Gasteiger partial charge < -0.3 is 9.88 Å². The molecular formula is C13H14ClN3. The van der Waals surface area contributed by atoms with Crippen LogP contribution < -0.4 is 5.32 Å². The SMILES string of the molecule is C=C(Cl)CNCc1ccc(-n2ccnc2)cc1. The summed E-state index contributed by atoms with van der Waals surface area (Å²) < 4.78 is 1.97. The van der Waals surface area contributed by atoms with Gasteiger partial charge in [0.25, 0.3) is 0 Å². The molecule has 4 heteroatoms. The first-order chi connectivity index (χ1) is 8.25. The van der Waals surface area contributed by atoms with Crippen LogP contribution >= 0.6 is 11.6 Å². The van der Waals surface area contributed by atoms with Crippen LogP contribution in [0.15, 0.2) is 54.6 Å². The number of hydrogen-bond acceptors (Lipinski definition) is 2. The molecule has 0 fully saturated rings. The van der Waals surface area contributed by atoms with Crippen molar-refractivity contribution >= 4 is 11.6 Å². The van der Waals surface area contributed by atoms with Gasteiger partial charge in [-0.1, -0.05) is 30.3 Å². The molecule has 0 radical (unpaired) electrons. The summed E-state index contributed by atoms with van der Waals surface area (Å²) in [6, 6.07) is 8.29. The molecule has 0 aliphatic heterocycles. The molecule has 3 nitrogen and oxygen atoms in total. The highest BCUT2D eigenvalue weighted by Crippen LogP contribution is 2.09. The van der Waals surface area contributed by atoms with Gasteiger partial charge >= 0.3 is 0 Å². The second-order valence-electron chi connectivity index (χ2n) is 3.76. The Kier molecular flexibility index (Phi) is 3.96. The fourth-order valence-corrected chi connectivity index (χ4v) is 1.63. The number of imidazole rings is 1. The third-order valence-electron chi connectivity index (χ3n) is 2.38.